The first-order valence-corrected chi connectivity index (χ1v) is 8.02. The number of carbonyl (C=O) groups excluding carboxylic acids is 1. The molecule has 1 N–H and O–H groups in total. The molecule has 2 aromatic carbocycles. The number of hydrogen-bond donors (Lipinski definition) is 1. The lowest BCUT2D eigenvalue weighted by atomic mass is 10.1. The standard InChI is InChI=1S/C19H20N4O3/c1-12-16(25-3)9-14(10-17(12)26-4)19(24)21-15-7-5-6-13(8-15)18-22-20-11-23(18)2/h5-11H,1-4H3,(H,21,24). The zero-order chi connectivity index (χ0) is 18.7. The number of anilines is 1. The molecule has 0 aliphatic heterocycles. The molecular weight excluding hydrogens is 332 g/mol. The summed E-state index contributed by atoms with van der Waals surface area (Å²) in [5.41, 5.74) is 2.82. The van der Waals surface area contributed by atoms with Gasteiger partial charge in [0, 0.05) is 29.4 Å². The maximum Gasteiger partial charge on any atom is 0.255 e. The number of amides is 1. The van der Waals surface area contributed by atoms with Crippen molar-refractivity contribution in [2.45, 2.75) is 6.92 Å². The molecule has 1 aromatic heterocycles. The third kappa shape index (κ3) is 3.37. The van der Waals surface area contributed by atoms with Crippen molar-refractivity contribution in [2.24, 2.45) is 7.05 Å². The molecule has 0 unspecified atom stereocenters. The third-order valence-electron chi connectivity index (χ3n) is 4.10. The number of benzene rings is 2. The van der Waals surface area contributed by atoms with Gasteiger partial charge in [-0.25, -0.2) is 0 Å². The van der Waals surface area contributed by atoms with E-state index in [0.717, 1.165) is 17.0 Å². The van der Waals surface area contributed by atoms with Gasteiger partial charge in [-0.3, -0.25) is 4.79 Å². The number of hydrogen-bond acceptors (Lipinski definition) is 5. The van der Waals surface area contributed by atoms with Crippen LogP contribution in [0.3, 0.4) is 0 Å². The number of aromatic nitrogens is 3. The molecule has 0 atom stereocenters. The normalized spacial score (nSPS) is 10.5. The van der Waals surface area contributed by atoms with Crippen molar-refractivity contribution < 1.29 is 14.3 Å². The summed E-state index contributed by atoms with van der Waals surface area (Å²) in [6.07, 6.45) is 1.63. The maximum absolute atomic E-state index is 12.7. The molecule has 0 bridgehead atoms. The molecule has 1 heterocycles. The van der Waals surface area contributed by atoms with Crippen molar-refractivity contribution >= 4 is 11.6 Å². The van der Waals surface area contributed by atoms with E-state index in [1.807, 2.05) is 42.8 Å². The summed E-state index contributed by atoms with van der Waals surface area (Å²) >= 11 is 0. The Morgan fingerprint density at radius 3 is 2.38 bits per heavy atom. The van der Waals surface area contributed by atoms with Crippen LogP contribution in [-0.2, 0) is 7.05 Å². The lowest BCUT2D eigenvalue weighted by Crippen LogP contribution is -2.12. The van der Waals surface area contributed by atoms with E-state index >= 15 is 0 Å². The molecule has 0 fully saturated rings. The van der Waals surface area contributed by atoms with Gasteiger partial charge in [0.25, 0.3) is 5.91 Å². The summed E-state index contributed by atoms with van der Waals surface area (Å²) in [6, 6.07) is 10.8. The van der Waals surface area contributed by atoms with Crippen LogP contribution in [-0.4, -0.2) is 34.9 Å². The number of nitrogens with zero attached hydrogens (tertiary/aromatic N) is 3. The number of methoxy groups -OCH3 is 2. The van der Waals surface area contributed by atoms with Gasteiger partial charge < -0.3 is 19.4 Å². The lowest BCUT2D eigenvalue weighted by molar-refractivity contribution is 0.102. The van der Waals surface area contributed by atoms with Gasteiger partial charge in [0.05, 0.1) is 14.2 Å². The highest BCUT2D eigenvalue weighted by Crippen LogP contribution is 2.30. The second kappa shape index (κ2) is 7.26. The number of ether oxygens (including phenoxy) is 2. The predicted octanol–water partition coefficient (Wildman–Crippen LogP) is 3.06. The second-order valence-electron chi connectivity index (χ2n) is 5.81. The van der Waals surface area contributed by atoms with Crippen LogP contribution in [0.15, 0.2) is 42.7 Å². The largest absolute Gasteiger partial charge is 0.496 e. The topological polar surface area (TPSA) is 78.3 Å². The third-order valence-corrected chi connectivity index (χ3v) is 4.10. The first-order valence-electron chi connectivity index (χ1n) is 8.02. The van der Waals surface area contributed by atoms with E-state index in [-0.39, 0.29) is 5.91 Å². The highest BCUT2D eigenvalue weighted by Gasteiger charge is 2.14. The highest BCUT2D eigenvalue weighted by atomic mass is 16.5. The minimum absolute atomic E-state index is 0.253. The molecule has 26 heavy (non-hydrogen) atoms. The molecule has 0 saturated carbocycles. The van der Waals surface area contributed by atoms with Gasteiger partial charge in [0.15, 0.2) is 5.82 Å². The summed E-state index contributed by atoms with van der Waals surface area (Å²) in [5, 5.41) is 10.9. The SMILES string of the molecule is COc1cc(C(=O)Nc2cccc(-c3nncn3C)c2)cc(OC)c1C. The average molecular weight is 352 g/mol. The van der Waals surface area contributed by atoms with E-state index in [9.17, 15) is 4.79 Å². The summed E-state index contributed by atoms with van der Waals surface area (Å²) < 4.78 is 12.5. The Balaban J connectivity index is 1.88. The van der Waals surface area contributed by atoms with Crippen molar-refractivity contribution in [2.75, 3.05) is 19.5 Å². The predicted molar refractivity (Wildman–Crippen MR) is 98.7 cm³/mol. The van der Waals surface area contributed by atoms with Crippen LogP contribution in [0.1, 0.15) is 15.9 Å². The van der Waals surface area contributed by atoms with Crippen LogP contribution < -0.4 is 14.8 Å². The molecule has 1 amide bonds. The molecule has 0 spiro atoms. The molecule has 0 aliphatic carbocycles. The zero-order valence-electron chi connectivity index (χ0n) is 15.1. The van der Waals surface area contributed by atoms with E-state index in [4.69, 9.17) is 9.47 Å². The minimum atomic E-state index is -0.253. The molecule has 7 heteroatoms. The van der Waals surface area contributed by atoms with Gasteiger partial charge in [-0.1, -0.05) is 12.1 Å². The van der Waals surface area contributed by atoms with E-state index < -0.39 is 0 Å². The van der Waals surface area contributed by atoms with Crippen LogP contribution in [0.4, 0.5) is 5.69 Å². The summed E-state index contributed by atoms with van der Waals surface area (Å²) in [6.45, 7) is 1.88. The molecule has 0 aliphatic rings. The first-order chi connectivity index (χ1) is 12.5. The van der Waals surface area contributed by atoms with Crippen LogP contribution in [0.5, 0.6) is 11.5 Å². The fraction of sp³-hybridized carbons (Fsp3) is 0.211. The molecule has 7 nitrogen and oxygen atoms in total. The van der Waals surface area contributed by atoms with Crippen molar-refractivity contribution in [1.29, 1.82) is 0 Å². The smallest absolute Gasteiger partial charge is 0.255 e. The Hall–Kier alpha value is -3.35. The Kier molecular flexibility index (Phi) is 4.88. The van der Waals surface area contributed by atoms with Crippen molar-refractivity contribution in [3.8, 4) is 22.9 Å². The van der Waals surface area contributed by atoms with E-state index in [2.05, 4.69) is 15.5 Å². The Morgan fingerprint density at radius 2 is 1.81 bits per heavy atom. The van der Waals surface area contributed by atoms with Crippen molar-refractivity contribution in [3.05, 3.63) is 53.9 Å². The van der Waals surface area contributed by atoms with E-state index in [1.54, 1.807) is 32.7 Å². The Bertz CT molecular complexity index is 924. The second-order valence-corrected chi connectivity index (χ2v) is 5.81. The molecule has 0 radical (unpaired) electrons. The molecule has 3 rings (SSSR count). The molecular formula is C19H20N4O3. The average Bonchev–Trinajstić information content (AvgIpc) is 3.08. The summed E-state index contributed by atoms with van der Waals surface area (Å²) in [5.74, 6) is 1.67. The summed E-state index contributed by atoms with van der Waals surface area (Å²) in [4.78, 5) is 12.7. The fourth-order valence-corrected chi connectivity index (χ4v) is 2.70. The quantitative estimate of drug-likeness (QED) is 0.763. The first kappa shape index (κ1) is 17.5. The van der Waals surface area contributed by atoms with Gasteiger partial charge in [0.1, 0.15) is 17.8 Å². The van der Waals surface area contributed by atoms with Gasteiger partial charge in [0.2, 0.25) is 0 Å². The fourth-order valence-electron chi connectivity index (χ4n) is 2.70. The van der Waals surface area contributed by atoms with Gasteiger partial charge in [-0.2, -0.15) is 0 Å². The van der Waals surface area contributed by atoms with Gasteiger partial charge >= 0.3 is 0 Å². The lowest BCUT2D eigenvalue weighted by Gasteiger charge is -2.13. The van der Waals surface area contributed by atoms with Crippen LogP contribution in [0.25, 0.3) is 11.4 Å². The van der Waals surface area contributed by atoms with Crippen LogP contribution >= 0.6 is 0 Å². The van der Waals surface area contributed by atoms with E-state index in [0.29, 0.717) is 22.7 Å². The monoisotopic (exact) mass is 352 g/mol. The minimum Gasteiger partial charge on any atom is -0.496 e. The highest BCUT2D eigenvalue weighted by molar-refractivity contribution is 6.05. The van der Waals surface area contributed by atoms with Crippen LogP contribution in [0.2, 0.25) is 0 Å². The molecule has 0 saturated heterocycles. The number of aryl methyl sites for hydroxylation is 1. The Labute approximate surface area is 151 Å². The zero-order valence-corrected chi connectivity index (χ0v) is 15.1. The van der Waals surface area contributed by atoms with Crippen molar-refractivity contribution in [1.82, 2.24) is 14.8 Å². The molecule has 3 aromatic rings. The molecule has 134 valence electrons. The van der Waals surface area contributed by atoms with Gasteiger partial charge in [-0.05, 0) is 31.2 Å². The number of carbonyl (C=O) groups is 1. The van der Waals surface area contributed by atoms with E-state index in [1.165, 1.54) is 0 Å². The van der Waals surface area contributed by atoms with Crippen LogP contribution in [0, 0.1) is 6.92 Å². The van der Waals surface area contributed by atoms with Crippen molar-refractivity contribution in [3.63, 3.8) is 0 Å². The summed E-state index contributed by atoms with van der Waals surface area (Å²) in [7, 11) is 4.99. The number of rotatable bonds is 5. The maximum atomic E-state index is 12.7. The Morgan fingerprint density at radius 1 is 1.12 bits per heavy atom. The van der Waals surface area contributed by atoms with Gasteiger partial charge in [-0.15, -0.1) is 10.2 Å². The number of nitrogens with one attached hydrogen (secondary N) is 1.